The highest BCUT2D eigenvalue weighted by molar-refractivity contribution is 5.96. The highest BCUT2D eigenvalue weighted by atomic mass is 16.1. The van der Waals surface area contributed by atoms with Gasteiger partial charge in [0.2, 0.25) is 0 Å². The molecule has 1 aromatic rings. The van der Waals surface area contributed by atoms with Gasteiger partial charge in [0.15, 0.2) is 5.78 Å². The van der Waals surface area contributed by atoms with Crippen molar-refractivity contribution in [3.63, 3.8) is 0 Å². The summed E-state index contributed by atoms with van der Waals surface area (Å²) in [4.78, 5) is 12.3. The summed E-state index contributed by atoms with van der Waals surface area (Å²) in [6.07, 6.45) is 6.06. The molecule has 1 aromatic carbocycles. The van der Waals surface area contributed by atoms with E-state index in [1.165, 1.54) is 12.0 Å². The van der Waals surface area contributed by atoms with Crippen molar-refractivity contribution >= 4 is 5.78 Å². The summed E-state index contributed by atoms with van der Waals surface area (Å²) >= 11 is 0. The van der Waals surface area contributed by atoms with Crippen molar-refractivity contribution in [1.82, 2.24) is 0 Å². The second-order valence-electron chi connectivity index (χ2n) is 6.30. The molecule has 0 aliphatic heterocycles. The number of hydrogen-bond acceptors (Lipinski definition) is 2. The van der Waals surface area contributed by atoms with Gasteiger partial charge in [-0.1, -0.05) is 57.4 Å². The first kappa shape index (κ1) is 14.3. The van der Waals surface area contributed by atoms with Crippen LogP contribution in [0.5, 0.6) is 0 Å². The van der Waals surface area contributed by atoms with Crippen LogP contribution in [0, 0.1) is 0 Å². The molecule has 1 aliphatic carbocycles. The van der Waals surface area contributed by atoms with Gasteiger partial charge in [-0.25, -0.2) is 0 Å². The fraction of sp³-hybridized carbons (Fsp3) is 0.588. The van der Waals surface area contributed by atoms with Gasteiger partial charge in [-0.05, 0) is 24.3 Å². The first-order valence-corrected chi connectivity index (χ1v) is 7.42. The maximum Gasteiger partial charge on any atom is 0.164 e. The monoisotopic (exact) mass is 259 g/mol. The molecule has 1 fully saturated rings. The molecule has 0 bridgehead atoms. The molecule has 1 saturated carbocycles. The fourth-order valence-electron chi connectivity index (χ4n) is 2.91. The van der Waals surface area contributed by atoms with Gasteiger partial charge < -0.3 is 5.73 Å². The molecule has 0 radical (unpaired) electrons. The van der Waals surface area contributed by atoms with Crippen molar-refractivity contribution in [2.45, 2.75) is 63.8 Å². The van der Waals surface area contributed by atoms with Crippen LogP contribution < -0.4 is 5.73 Å². The van der Waals surface area contributed by atoms with Gasteiger partial charge in [-0.2, -0.15) is 0 Å². The van der Waals surface area contributed by atoms with Gasteiger partial charge in [0, 0.05) is 17.5 Å². The quantitative estimate of drug-likeness (QED) is 0.829. The highest BCUT2D eigenvalue weighted by Crippen LogP contribution is 2.30. The average Bonchev–Trinajstić information content (AvgIpc) is 2.39. The van der Waals surface area contributed by atoms with Crippen molar-refractivity contribution in [3.8, 4) is 0 Å². The number of ketones is 1. The van der Waals surface area contributed by atoms with E-state index in [0.717, 1.165) is 31.2 Å². The van der Waals surface area contributed by atoms with Crippen LogP contribution in [0.15, 0.2) is 24.3 Å². The van der Waals surface area contributed by atoms with E-state index < -0.39 is 0 Å². The topological polar surface area (TPSA) is 43.1 Å². The van der Waals surface area contributed by atoms with E-state index in [-0.39, 0.29) is 11.3 Å². The molecule has 0 spiro atoms. The summed E-state index contributed by atoms with van der Waals surface area (Å²) < 4.78 is 0. The molecule has 0 aromatic heterocycles. The number of carbonyl (C=O) groups is 1. The molecule has 104 valence electrons. The molecule has 0 unspecified atom stereocenters. The molecule has 0 saturated heterocycles. The highest BCUT2D eigenvalue weighted by Gasteiger charge is 2.30. The second-order valence-corrected chi connectivity index (χ2v) is 6.30. The summed E-state index contributed by atoms with van der Waals surface area (Å²) in [5.41, 5.74) is 8.18. The Morgan fingerprint density at radius 3 is 2.26 bits per heavy atom. The third-order valence-electron chi connectivity index (χ3n) is 4.26. The first-order chi connectivity index (χ1) is 9.00. The second kappa shape index (κ2) is 5.87. The van der Waals surface area contributed by atoms with Crippen LogP contribution in [0.4, 0.5) is 0 Å². The molecule has 2 N–H and O–H groups in total. The molecule has 1 aliphatic rings. The maximum absolute atomic E-state index is 12.3. The van der Waals surface area contributed by atoms with Crippen molar-refractivity contribution in [2.75, 3.05) is 0 Å². The lowest BCUT2D eigenvalue weighted by Gasteiger charge is -2.32. The molecular weight excluding hydrogens is 234 g/mol. The Hall–Kier alpha value is -1.15. The largest absolute Gasteiger partial charge is 0.325 e. The van der Waals surface area contributed by atoms with Gasteiger partial charge in [0.05, 0.1) is 0 Å². The average molecular weight is 259 g/mol. The van der Waals surface area contributed by atoms with E-state index in [9.17, 15) is 4.79 Å². The van der Waals surface area contributed by atoms with Crippen LogP contribution in [0.3, 0.4) is 0 Å². The first-order valence-electron chi connectivity index (χ1n) is 7.42. The Labute approximate surface area is 116 Å². The third-order valence-corrected chi connectivity index (χ3v) is 4.26. The van der Waals surface area contributed by atoms with E-state index in [1.807, 2.05) is 12.1 Å². The van der Waals surface area contributed by atoms with E-state index in [1.54, 1.807) is 0 Å². The Morgan fingerprint density at radius 1 is 1.16 bits per heavy atom. The predicted molar refractivity (Wildman–Crippen MR) is 79.5 cm³/mol. The van der Waals surface area contributed by atoms with Crippen LogP contribution in [-0.2, 0) is 0 Å². The van der Waals surface area contributed by atoms with Crippen LogP contribution >= 0.6 is 0 Å². The number of carbonyl (C=O) groups excluding carboxylic acids is 1. The number of benzene rings is 1. The number of Topliss-reactive ketones (excluding diaryl/α,β-unsaturated/α-hetero) is 1. The van der Waals surface area contributed by atoms with Crippen LogP contribution in [0.2, 0.25) is 0 Å². The zero-order chi connectivity index (χ0) is 13.9. The fourth-order valence-corrected chi connectivity index (χ4v) is 2.91. The minimum absolute atomic E-state index is 0.194. The van der Waals surface area contributed by atoms with Gasteiger partial charge >= 0.3 is 0 Å². The lowest BCUT2D eigenvalue weighted by Crippen LogP contribution is -2.43. The van der Waals surface area contributed by atoms with Gasteiger partial charge in [-0.3, -0.25) is 4.79 Å². The molecule has 19 heavy (non-hydrogen) atoms. The minimum Gasteiger partial charge on any atom is -0.325 e. The standard InChI is InChI=1S/C17H25NO/c1-13(2)14-6-8-15(9-7-14)16(19)12-17(18)10-4-3-5-11-17/h6-9,13H,3-5,10-12,18H2,1-2H3. The summed E-state index contributed by atoms with van der Waals surface area (Å²) in [5, 5.41) is 0. The van der Waals surface area contributed by atoms with E-state index in [4.69, 9.17) is 5.73 Å². The lowest BCUT2D eigenvalue weighted by molar-refractivity contribution is 0.0934. The summed E-state index contributed by atoms with van der Waals surface area (Å²) in [7, 11) is 0. The van der Waals surface area contributed by atoms with Gasteiger partial charge in [0.25, 0.3) is 0 Å². The SMILES string of the molecule is CC(C)c1ccc(C(=O)CC2(N)CCCCC2)cc1. The number of hydrogen-bond donors (Lipinski definition) is 1. The molecule has 0 heterocycles. The van der Waals surface area contributed by atoms with E-state index in [2.05, 4.69) is 26.0 Å². The summed E-state index contributed by atoms with van der Waals surface area (Å²) in [6, 6.07) is 8.01. The van der Waals surface area contributed by atoms with Gasteiger partial charge in [0.1, 0.15) is 0 Å². The molecule has 0 atom stereocenters. The van der Waals surface area contributed by atoms with Crippen molar-refractivity contribution in [1.29, 1.82) is 0 Å². The predicted octanol–water partition coefficient (Wildman–Crippen LogP) is 4.04. The number of nitrogens with two attached hydrogens (primary N) is 1. The molecule has 2 nitrogen and oxygen atoms in total. The minimum atomic E-state index is -0.258. The zero-order valence-electron chi connectivity index (χ0n) is 12.1. The molecule has 0 amide bonds. The van der Waals surface area contributed by atoms with Crippen LogP contribution in [0.1, 0.15) is 74.2 Å². The lowest BCUT2D eigenvalue weighted by atomic mass is 9.78. The molecular formula is C17H25NO. The summed E-state index contributed by atoms with van der Waals surface area (Å²) in [6.45, 7) is 4.32. The van der Waals surface area contributed by atoms with Gasteiger partial charge in [-0.15, -0.1) is 0 Å². The zero-order valence-corrected chi connectivity index (χ0v) is 12.1. The van der Waals surface area contributed by atoms with Crippen LogP contribution in [0.25, 0.3) is 0 Å². The van der Waals surface area contributed by atoms with Crippen molar-refractivity contribution in [2.24, 2.45) is 5.73 Å². The number of rotatable bonds is 4. The maximum atomic E-state index is 12.3. The Morgan fingerprint density at radius 2 is 1.74 bits per heavy atom. The molecule has 2 heteroatoms. The normalized spacial score (nSPS) is 18.5. The Bertz CT molecular complexity index is 427. The smallest absolute Gasteiger partial charge is 0.164 e. The Balaban J connectivity index is 2.03. The van der Waals surface area contributed by atoms with Crippen LogP contribution in [-0.4, -0.2) is 11.3 Å². The van der Waals surface area contributed by atoms with E-state index in [0.29, 0.717) is 12.3 Å². The Kier molecular flexibility index (Phi) is 4.41. The van der Waals surface area contributed by atoms with Crippen molar-refractivity contribution < 1.29 is 4.79 Å². The third kappa shape index (κ3) is 3.66. The molecule has 2 rings (SSSR count). The van der Waals surface area contributed by atoms with Crippen molar-refractivity contribution in [3.05, 3.63) is 35.4 Å². The van der Waals surface area contributed by atoms with E-state index >= 15 is 0 Å². The summed E-state index contributed by atoms with van der Waals surface area (Å²) in [5.74, 6) is 0.697.